The van der Waals surface area contributed by atoms with Crippen LogP contribution in [0, 0.1) is 5.82 Å². The van der Waals surface area contributed by atoms with Crippen molar-refractivity contribution in [2.45, 2.75) is 13.0 Å². The lowest BCUT2D eigenvalue weighted by Gasteiger charge is -2.36. The second kappa shape index (κ2) is 12.2. The van der Waals surface area contributed by atoms with E-state index in [-0.39, 0.29) is 11.8 Å². The number of piperazine rings is 1. The number of benzene rings is 3. The summed E-state index contributed by atoms with van der Waals surface area (Å²) >= 11 is 0. The number of nitrogens with one attached hydrogen (secondary N) is 2. The summed E-state index contributed by atoms with van der Waals surface area (Å²) in [4.78, 5) is 17.1. The number of halogens is 1. The Kier molecular flexibility index (Phi) is 8.57. The highest BCUT2D eigenvalue weighted by atomic mass is 19.1. The summed E-state index contributed by atoms with van der Waals surface area (Å²) in [5, 5.41) is 5.87. The molecule has 0 atom stereocenters. The molecule has 0 unspecified atom stereocenters. The molecule has 0 bridgehead atoms. The van der Waals surface area contributed by atoms with Crippen molar-refractivity contribution < 1.29 is 13.9 Å². The van der Waals surface area contributed by atoms with Crippen LogP contribution in [0.5, 0.6) is 5.75 Å². The van der Waals surface area contributed by atoms with Crippen LogP contribution < -0.4 is 20.3 Å². The number of hydrogen-bond donors (Lipinski definition) is 2. The molecule has 3 aromatic rings. The van der Waals surface area contributed by atoms with Crippen LogP contribution in [0.25, 0.3) is 11.1 Å². The molecule has 1 saturated heterocycles. The van der Waals surface area contributed by atoms with Crippen molar-refractivity contribution in [3.63, 3.8) is 0 Å². The highest BCUT2D eigenvalue weighted by Crippen LogP contribution is 2.28. The van der Waals surface area contributed by atoms with E-state index in [1.807, 2.05) is 48.5 Å². The van der Waals surface area contributed by atoms with Gasteiger partial charge >= 0.3 is 6.03 Å². The molecule has 6 nitrogen and oxygen atoms in total. The van der Waals surface area contributed by atoms with Crippen molar-refractivity contribution in [3.8, 4) is 16.9 Å². The van der Waals surface area contributed by atoms with Crippen molar-refractivity contribution in [1.82, 2.24) is 15.5 Å². The first-order chi connectivity index (χ1) is 17.1. The van der Waals surface area contributed by atoms with Crippen molar-refractivity contribution in [2.75, 3.05) is 51.3 Å². The molecular formula is C28H33FN4O2. The molecule has 1 aliphatic heterocycles. The highest BCUT2D eigenvalue weighted by Gasteiger charge is 2.19. The number of hydrogen-bond acceptors (Lipinski definition) is 4. The number of methoxy groups -OCH3 is 1. The standard InChI is InChI=1S/C28H33FN4O2/c1-35-27-13-5-4-12-26(27)33-18-16-32(17-19-33)15-7-14-30-28(34)31-21-23-8-2-3-11-25(23)22-9-6-10-24(29)20-22/h2-6,8-13,20H,7,14-19,21H2,1H3,(H2,30,31,34). The number of anilines is 1. The number of nitrogens with zero attached hydrogens (tertiary/aromatic N) is 2. The number of carbonyl (C=O) groups is 1. The second-order valence-electron chi connectivity index (χ2n) is 8.63. The van der Waals surface area contributed by atoms with Gasteiger partial charge in [0.2, 0.25) is 0 Å². The van der Waals surface area contributed by atoms with Crippen LogP contribution in [0.1, 0.15) is 12.0 Å². The monoisotopic (exact) mass is 476 g/mol. The van der Waals surface area contributed by atoms with E-state index in [0.29, 0.717) is 13.1 Å². The molecule has 2 N–H and O–H groups in total. The lowest BCUT2D eigenvalue weighted by atomic mass is 9.99. The molecule has 7 heteroatoms. The zero-order valence-electron chi connectivity index (χ0n) is 20.2. The maximum absolute atomic E-state index is 13.6. The molecule has 0 saturated carbocycles. The molecular weight excluding hydrogens is 443 g/mol. The molecule has 1 fully saturated rings. The lowest BCUT2D eigenvalue weighted by molar-refractivity contribution is 0.235. The Hall–Kier alpha value is -3.58. The minimum Gasteiger partial charge on any atom is -0.495 e. The Morgan fingerprint density at radius 1 is 0.943 bits per heavy atom. The summed E-state index contributed by atoms with van der Waals surface area (Å²) in [5.41, 5.74) is 3.81. The minimum absolute atomic E-state index is 0.194. The SMILES string of the molecule is COc1ccccc1N1CCN(CCCNC(=O)NCc2ccccc2-c2cccc(F)c2)CC1. The smallest absolute Gasteiger partial charge is 0.315 e. The summed E-state index contributed by atoms with van der Waals surface area (Å²) in [6.07, 6.45) is 0.891. The van der Waals surface area contributed by atoms with E-state index < -0.39 is 0 Å². The Balaban J connectivity index is 1.16. The van der Waals surface area contributed by atoms with Crippen LogP contribution in [-0.4, -0.2) is 57.3 Å². The zero-order chi connectivity index (χ0) is 24.5. The quantitative estimate of drug-likeness (QED) is 0.446. The Morgan fingerprint density at radius 3 is 2.51 bits per heavy atom. The third kappa shape index (κ3) is 6.73. The van der Waals surface area contributed by atoms with Gasteiger partial charge in [0.25, 0.3) is 0 Å². The molecule has 2 amide bonds. The summed E-state index contributed by atoms with van der Waals surface area (Å²) in [5.74, 6) is 0.638. The number of amides is 2. The van der Waals surface area contributed by atoms with Crippen LogP contribution in [0.4, 0.5) is 14.9 Å². The topological polar surface area (TPSA) is 56.8 Å². The molecule has 0 aliphatic carbocycles. The van der Waals surface area contributed by atoms with Gasteiger partial charge in [-0.1, -0.05) is 48.5 Å². The Morgan fingerprint density at radius 2 is 1.71 bits per heavy atom. The van der Waals surface area contributed by atoms with Gasteiger partial charge < -0.3 is 20.3 Å². The molecule has 0 radical (unpaired) electrons. The Labute approximate surface area is 206 Å². The van der Waals surface area contributed by atoms with Crippen LogP contribution in [0.2, 0.25) is 0 Å². The normalized spacial score (nSPS) is 13.9. The van der Waals surface area contributed by atoms with Crippen LogP contribution in [0.3, 0.4) is 0 Å². The van der Waals surface area contributed by atoms with Gasteiger partial charge in [0.1, 0.15) is 11.6 Å². The van der Waals surface area contributed by atoms with Crippen molar-refractivity contribution in [2.24, 2.45) is 0 Å². The van der Waals surface area contributed by atoms with E-state index in [1.165, 1.54) is 12.1 Å². The fourth-order valence-corrected chi connectivity index (χ4v) is 4.46. The number of carbonyl (C=O) groups excluding carboxylic acids is 1. The summed E-state index contributed by atoms with van der Waals surface area (Å²) in [7, 11) is 1.71. The molecule has 4 rings (SSSR count). The largest absolute Gasteiger partial charge is 0.495 e. The maximum Gasteiger partial charge on any atom is 0.315 e. The van der Waals surface area contributed by atoms with Crippen molar-refractivity contribution in [1.29, 1.82) is 0 Å². The summed E-state index contributed by atoms with van der Waals surface area (Å²) in [6, 6.07) is 22.2. The van der Waals surface area contributed by atoms with E-state index in [1.54, 1.807) is 13.2 Å². The average Bonchev–Trinajstić information content (AvgIpc) is 2.90. The Bertz CT molecular complexity index is 1120. The summed E-state index contributed by atoms with van der Waals surface area (Å²) < 4.78 is 19.1. The van der Waals surface area contributed by atoms with Gasteiger partial charge in [-0.2, -0.15) is 0 Å². The van der Waals surface area contributed by atoms with E-state index in [9.17, 15) is 9.18 Å². The van der Waals surface area contributed by atoms with Gasteiger partial charge in [0.05, 0.1) is 12.8 Å². The zero-order valence-corrected chi connectivity index (χ0v) is 20.2. The van der Waals surface area contributed by atoms with E-state index >= 15 is 0 Å². The maximum atomic E-state index is 13.6. The van der Waals surface area contributed by atoms with Gasteiger partial charge in [-0.05, 0) is 53.9 Å². The lowest BCUT2D eigenvalue weighted by Crippen LogP contribution is -2.47. The number of rotatable bonds is 9. The molecule has 35 heavy (non-hydrogen) atoms. The van der Waals surface area contributed by atoms with E-state index in [0.717, 1.165) is 67.3 Å². The van der Waals surface area contributed by atoms with Crippen LogP contribution in [0.15, 0.2) is 72.8 Å². The number of para-hydroxylation sites is 2. The third-order valence-corrected chi connectivity index (χ3v) is 6.33. The van der Waals surface area contributed by atoms with Gasteiger partial charge in [-0.25, -0.2) is 9.18 Å². The van der Waals surface area contributed by atoms with Gasteiger partial charge in [-0.3, -0.25) is 4.90 Å². The fourth-order valence-electron chi connectivity index (χ4n) is 4.46. The molecule has 0 aromatic heterocycles. The molecule has 184 valence electrons. The number of urea groups is 1. The first kappa shape index (κ1) is 24.5. The predicted octanol–water partition coefficient (Wildman–Crippen LogP) is 4.51. The minimum atomic E-state index is -0.274. The van der Waals surface area contributed by atoms with E-state index in [2.05, 4.69) is 26.5 Å². The van der Waals surface area contributed by atoms with Gasteiger partial charge in [0.15, 0.2) is 0 Å². The first-order valence-electron chi connectivity index (χ1n) is 12.1. The second-order valence-corrected chi connectivity index (χ2v) is 8.63. The third-order valence-electron chi connectivity index (χ3n) is 6.33. The predicted molar refractivity (Wildman–Crippen MR) is 138 cm³/mol. The highest BCUT2D eigenvalue weighted by molar-refractivity contribution is 5.74. The molecule has 3 aromatic carbocycles. The van der Waals surface area contributed by atoms with Gasteiger partial charge in [0, 0.05) is 39.3 Å². The number of ether oxygens (including phenoxy) is 1. The summed E-state index contributed by atoms with van der Waals surface area (Å²) in [6.45, 7) is 5.83. The molecule has 1 heterocycles. The van der Waals surface area contributed by atoms with Crippen LogP contribution in [-0.2, 0) is 6.54 Å². The van der Waals surface area contributed by atoms with Gasteiger partial charge in [-0.15, -0.1) is 0 Å². The average molecular weight is 477 g/mol. The van der Waals surface area contributed by atoms with Crippen molar-refractivity contribution in [3.05, 3.63) is 84.2 Å². The molecule has 0 spiro atoms. The van der Waals surface area contributed by atoms with Crippen LogP contribution >= 0.6 is 0 Å². The molecule has 1 aliphatic rings. The van der Waals surface area contributed by atoms with Crippen molar-refractivity contribution >= 4 is 11.7 Å². The first-order valence-corrected chi connectivity index (χ1v) is 12.1. The fraction of sp³-hybridized carbons (Fsp3) is 0.321. The van der Waals surface area contributed by atoms with E-state index in [4.69, 9.17) is 4.74 Å².